The van der Waals surface area contributed by atoms with Crippen LogP contribution >= 0.6 is 11.3 Å². The molecule has 0 atom stereocenters. The SMILES string of the molecule is CC(C)C1(C(C)C)CCC1.CC(C)C1CC(C(C)C)C1.CC(C)C1CCC(C(C)C)CC1.CC(C)c1ccc(C(C)C)cc1.CC(C)c1ccc(C(C)C)o1.CC(C)c1ccc(C(C)C)s1.CC(C)c1cccc(C(C)C)c1. The first kappa shape index (κ1) is 73.4. The van der Waals surface area contributed by atoms with Gasteiger partial charge in [0.2, 0.25) is 0 Å². The molecule has 2 heterocycles. The van der Waals surface area contributed by atoms with Gasteiger partial charge in [-0.2, -0.15) is 0 Å². The van der Waals surface area contributed by atoms with Crippen LogP contribution in [0.5, 0.6) is 0 Å². The molecule has 1 nitrogen and oxygen atoms in total. The van der Waals surface area contributed by atoms with E-state index in [1.54, 1.807) is 0 Å². The van der Waals surface area contributed by atoms with E-state index in [-0.39, 0.29) is 0 Å². The van der Waals surface area contributed by atoms with Crippen LogP contribution in [0.1, 0.15) is 343 Å². The Bertz CT molecular complexity index is 1890. The molecule has 2 aromatic heterocycles. The van der Waals surface area contributed by atoms with Crippen molar-refractivity contribution in [2.45, 2.75) is 299 Å². The average molecular weight is 1090 g/mol. The van der Waals surface area contributed by atoms with Crippen molar-refractivity contribution >= 4 is 11.3 Å². The molecule has 4 aromatic rings. The van der Waals surface area contributed by atoms with Gasteiger partial charge >= 0.3 is 0 Å². The van der Waals surface area contributed by atoms with Crippen LogP contribution < -0.4 is 0 Å². The van der Waals surface area contributed by atoms with Crippen LogP contribution in [0.4, 0.5) is 0 Å². The first-order chi connectivity index (χ1) is 36.2. The lowest BCUT2D eigenvalue weighted by Gasteiger charge is -2.49. The molecule has 3 fully saturated rings. The topological polar surface area (TPSA) is 13.1 Å². The summed E-state index contributed by atoms with van der Waals surface area (Å²) in [5.41, 5.74) is 6.47. The van der Waals surface area contributed by atoms with Gasteiger partial charge in [-0.3, -0.25) is 0 Å². The van der Waals surface area contributed by atoms with Crippen molar-refractivity contribution in [3.63, 3.8) is 0 Å². The molecule has 0 radical (unpaired) electrons. The quantitative estimate of drug-likeness (QED) is 0.123. The van der Waals surface area contributed by atoms with E-state index in [0.717, 1.165) is 76.1 Å². The number of benzene rings is 2. The summed E-state index contributed by atoms with van der Waals surface area (Å²) < 4.78 is 5.61. The number of rotatable bonds is 14. The Kier molecular flexibility index (Phi) is 34.6. The molecule has 3 saturated carbocycles. The van der Waals surface area contributed by atoms with Gasteiger partial charge in [0.25, 0.3) is 0 Å². The molecule has 3 aliphatic carbocycles. The lowest BCUT2D eigenvalue weighted by atomic mass is 9.56. The maximum atomic E-state index is 5.61. The van der Waals surface area contributed by atoms with Gasteiger partial charge in [-0.25, -0.2) is 0 Å². The molecule has 2 aromatic carbocycles. The van der Waals surface area contributed by atoms with Crippen molar-refractivity contribution in [3.05, 3.63) is 116 Å². The molecule has 0 spiro atoms. The predicted octanol–water partition coefficient (Wildman–Crippen LogP) is 26.3. The van der Waals surface area contributed by atoms with Crippen LogP contribution in [0.3, 0.4) is 0 Å². The molecule has 0 bridgehead atoms. The fraction of sp³-hybridized carbons (Fsp3) is 0.737. The summed E-state index contributed by atoms with van der Waals surface area (Å²) in [6.07, 6.45) is 13.4. The molecule has 0 saturated heterocycles. The second-order valence-electron chi connectivity index (χ2n) is 29.1. The molecule has 448 valence electrons. The zero-order valence-corrected chi connectivity index (χ0v) is 57.8. The molecular formula is C76H132OS. The summed E-state index contributed by atoms with van der Waals surface area (Å²) in [6, 6.07) is 26.5. The van der Waals surface area contributed by atoms with E-state index in [1.807, 2.05) is 11.3 Å². The van der Waals surface area contributed by atoms with Gasteiger partial charge in [0.15, 0.2) is 0 Å². The first-order valence-electron chi connectivity index (χ1n) is 32.6. The zero-order valence-electron chi connectivity index (χ0n) is 57.0. The molecule has 0 unspecified atom stereocenters. The summed E-state index contributed by atoms with van der Waals surface area (Å²) >= 11 is 1.95. The normalized spacial score (nSPS) is 18.7. The van der Waals surface area contributed by atoms with E-state index in [0.29, 0.717) is 47.3 Å². The highest BCUT2D eigenvalue weighted by molar-refractivity contribution is 7.12. The number of hydrogen-bond acceptors (Lipinski definition) is 2. The van der Waals surface area contributed by atoms with Gasteiger partial charge in [0.05, 0.1) is 0 Å². The van der Waals surface area contributed by atoms with Gasteiger partial charge in [0, 0.05) is 21.6 Å². The Morgan fingerprint density at radius 1 is 0.346 bits per heavy atom. The van der Waals surface area contributed by atoms with Crippen LogP contribution in [0.2, 0.25) is 0 Å². The Morgan fingerprint density at radius 2 is 0.654 bits per heavy atom. The minimum absolute atomic E-state index is 0.502. The Labute approximate surface area is 492 Å². The summed E-state index contributed by atoms with van der Waals surface area (Å²) in [5.74, 6) is 16.8. The lowest BCUT2D eigenvalue weighted by molar-refractivity contribution is 0.0135. The second kappa shape index (κ2) is 36.8. The van der Waals surface area contributed by atoms with E-state index >= 15 is 0 Å². The maximum absolute atomic E-state index is 5.61. The average Bonchev–Trinajstić information content (AvgIpc) is 4.05. The van der Waals surface area contributed by atoms with Crippen molar-refractivity contribution in [1.29, 1.82) is 0 Å². The molecule has 3 aliphatic rings. The van der Waals surface area contributed by atoms with Gasteiger partial charge in [0.1, 0.15) is 11.5 Å². The third-order valence-corrected chi connectivity index (χ3v) is 20.2. The van der Waals surface area contributed by atoms with E-state index in [1.165, 1.54) is 89.8 Å². The van der Waals surface area contributed by atoms with Crippen LogP contribution in [-0.2, 0) is 0 Å². The van der Waals surface area contributed by atoms with Crippen LogP contribution in [0, 0.1) is 64.6 Å². The maximum Gasteiger partial charge on any atom is 0.106 e. The molecular weight excluding hydrogens is 961 g/mol. The van der Waals surface area contributed by atoms with Crippen molar-refractivity contribution < 1.29 is 4.42 Å². The van der Waals surface area contributed by atoms with Crippen molar-refractivity contribution in [2.24, 2.45) is 64.6 Å². The number of furan rings is 1. The monoisotopic (exact) mass is 1090 g/mol. The molecule has 78 heavy (non-hydrogen) atoms. The van der Waals surface area contributed by atoms with E-state index in [4.69, 9.17) is 4.42 Å². The van der Waals surface area contributed by atoms with Gasteiger partial charge in [-0.05, 0) is 198 Å². The van der Waals surface area contributed by atoms with Crippen molar-refractivity contribution in [1.82, 2.24) is 0 Å². The largest absolute Gasteiger partial charge is 0.466 e. The summed E-state index contributed by atoms with van der Waals surface area (Å²) in [5, 5.41) is 0. The Balaban J connectivity index is 0.000000455. The Hall–Kier alpha value is -2.58. The van der Waals surface area contributed by atoms with Crippen LogP contribution in [0.25, 0.3) is 0 Å². The molecule has 0 aliphatic heterocycles. The zero-order chi connectivity index (χ0) is 59.8. The number of thiophene rings is 1. The molecule has 0 N–H and O–H groups in total. The minimum Gasteiger partial charge on any atom is -0.466 e. The smallest absolute Gasteiger partial charge is 0.106 e. The van der Waals surface area contributed by atoms with E-state index < -0.39 is 0 Å². The Morgan fingerprint density at radius 3 is 0.833 bits per heavy atom. The third-order valence-electron chi connectivity index (χ3n) is 18.5. The summed E-state index contributed by atoms with van der Waals surface area (Å²) in [7, 11) is 0. The van der Waals surface area contributed by atoms with E-state index in [9.17, 15) is 0 Å². The molecule has 2 heteroatoms. The van der Waals surface area contributed by atoms with Crippen molar-refractivity contribution in [3.8, 4) is 0 Å². The molecule has 7 rings (SSSR count). The van der Waals surface area contributed by atoms with Crippen LogP contribution in [0.15, 0.2) is 77.2 Å². The second-order valence-corrected chi connectivity index (χ2v) is 30.2. The fourth-order valence-corrected chi connectivity index (χ4v) is 12.2. The molecule has 0 amide bonds. The van der Waals surface area contributed by atoms with Crippen molar-refractivity contribution in [2.75, 3.05) is 0 Å². The standard InChI is InChI=1S/C12H24.2C12H18.C10H16O.C10H16S.2C10H20/c2*1-9(2)11-5-7-12(8-6-11)10(3)4;1-9(2)11-6-5-7-12(8-11)10(3)4;2*1-7(2)9-5-6-10(11-9)8(3)4;1-7(2)9-5-10(6-9)8(3)4;1-8(2)10(9(3)4)6-5-7-10/h9-12H,5-8H2,1-4H3;2*5-10H,1-4H3;2*5-8H,1-4H3;7-10H,5-6H2,1-4H3;8-9H,5-7H2,1-4H3. The van der Waals surface area contributed by atoms with E-state index in [2.05, 4.69) is 267 Å². The predicted molar refractivity (Wildman–Crippen MR) is 356 cm³/mol. The van der Waals surface area contributed by atoms with Gasteiger partial charge < -0.3 is 4.42 Å². The van der Waals surface area contributed by atoms with Crippen LogP contribution in [-0.4, -0.2) is 0 Å². The number of hydrogen-bond donors (Lipinski definition) is 0. The van der Waals surface area contributed by atoms with Gasteiger partial charge in [-0.15, -0.1) is 11.3 Å². The summed E-state index contributed by atoms with van der Waals surface area (Å²) in [4.78, 5) is 3.02. The lowest BCUT2D eigenvalue weighted by Crippen LogP contribution is -2.39. The first-order valence-corrected chi connectivity index (χ1v) is 33.5. The third kappa shape index (κ3) is 26.1. The summed E-state index contributed by atoms with van der Waals surface area (Å²) in [6.45, 7) is 63.8. The highest BCUT2D eigenvalue weighted by Gasteiger charge is 2.42. The minimum atomic E-state index is 0.502. The van der Waals surface area contributed by atoms with Gasteiger partial charge in [-0.1, -0.05) is 249 Å². The fourth-order valence-electron chi connectivity index (χ4n) is 11.2. The highest BCUT2D eigenvalue weighted by Crippen LogP contribution is 2.52. The highest BCUT2D eigenvalue weighted by atomic mass is 32.1.